The lowest BCUT2D eigenvalue weighted by Gasteiger charge is -2.22. The summed E-state index contributed by atoms with van der Waals surface area (Å²) in [6.45, 7) is 11.9. The zero-order valence-corrected chi connectivity index (χ0v) is 12.7. The average molecular weight is 276 g/mol. The molecule has 0 saturated carbocycles. The van der Waals surface area contributed by atoms with Crippen molar-refractivity contribution in [1.82, 2.24) is 5.32 Å². The third-order valence-electron chi connectivity index (χ3n) is 2.76. The van der Waals surface area contributed by atoms with Gasteiger partial charge < -0.3 is 15.7 Å². The number of phenolic OH excluding ortho intramolecular Hbond substituents is 1. The van der Waals surface area contributed by atoms with Crippen LogP contribution in [0, 0.1) is 0 Å². The molecule has 0 aliphatic rings. The van der Waals surface area contributed by atoms with Crippen LogP contribution in [0.1, 0.15) is 38.8 Å². The third-order valence-corrected chi connectivity index (χ3v) is 2.76. The van der Waals surface area contributed by atoms with Gasteiger partial charge in [0.05, 0.1) is 0 Å². The van der Waals surface area contributed by atoms with E-state index in [9.17, 15) is 9.90 Å². The lowest BCUT2D eigenvalue weighted by atomic mass is 10.0. The van der Waals surface area contributed by atoms with Crippen LogP contribution in [0.4, 0.5) is 5.69 Å². The van der Waals surface area contributed by atoms with Crippen molar-refractivity contribution in [3.8, 4) is 5.75 Å². The standard InChI is InChI=1S/C16H24N2O2/c1-6-7-12-8-14(18-11(2)19)9-13(15(12)20)10-17-16(3,4)5/h6,8-9,17,20H,1,7,10H2,2-5H3,(H,18,19). The van der Waals surface area contributed by atoms with Crippen LogP contribution in [0.3, 0.4) is 0 Å². The van der Waals surface area contributed by atoms with Crippen LogP contribution in [0.25, 0.3) is 0 Å². The number of benzene rings is 1. The molecule has 4 heteroatoms. The molecule has 1 aromatic rings. The molecule has 0 bridgehead atoms. The second-order valence-corrected chi connectivity index (χ2v) is 5.92. The van der Waals surface area contributed by atoms with Crippen molar-refractivity contribution in [2.24, 2.45) is 0 Å². The van der Waals surface area contributed by atoms with Crippen LogP contribution in [0.5, 0.6) is 5.75 Å². The highest BCUT2D eigenvalue weighted by Crippen LogP contribution is 2.28. The Morgan fingerprint density at radius 2 is 1.95 bits per heavy atom. The lowest BCUT2D eigenvalue weighted by Crippen LogP contribution is -2.35. The SMILES string of the molecule is C=CCc1cc(NC(C)=O)cc(CNC(C)(C)C)c1O. The van der Waals surface area contributed by atoms with Gasteiger partial charge in [0.25, 0.3) is 0 Å². The number of phenols is 1. The number of hydrogen-bond donors (Lipinski definition) is 3. The van der Waals surface area contributed by atoms with Crippen molar-refractivity contribution in [3.05, 3.63) is 35.9 Å². The number of aromatic hydroxyl groups is 1. The van der Waals surface area contributed by atoms with Crippen molar-refractivity contribution >= 4 is 11.6 Å². The number of nitrogens with one attached hydrogen (secondary N) is 2. The molecule has 0 unspecified atom stereocenters. The van der Waals surface area contributed by atoms with Crippen molar-refractivity contribution in [2.75, 3.05) is 5.32 Å². The topological polar surface area (TPSA) is 61.4 Å². The van der Waals surface area contributed by atoms with Gasteiger partial charge in [0.15, 0.2) is 0 Å². The molecule has 110 valence electrons. The van der Waals surface area contributed by atoms with E-state index in [0.29, 0.717) is 18.7 Å². The van der Waals surface area contributed by atoms with E-state index >= 15 is 0 Å². The van der Waals surface area contributed by atoms with Gasteiger partial charge in [-0.2, -0.15) is 0 Å². The molecule has 0 atom stereocenters. The molecule has 4 nitrogen and oxygen atoms in total. The molecule has 0 aromatic heterocycles. The molecule has 0 aliphatic carbocycles. The van der Waals surface area contributed by atoms with Gasteiger partial charge in [0.1, 0.15) is 5.75 Å². The molecule has 0 radical (unpaired) electrons. The van der Waals surface area contributed by atoms with Crippen molar-refractivity contribution in [2.45, 2.75) is 46.2 Å². The smallest absolute Gasteiger partial charge is 0.221 e. The maximum Gasteiger partial charge on any atom is 0.221 e. The van der Waals surface area contributed by atoms with E-state index < -0.39 is 0 Å². The van der Waals surface area contributed by atoms with Gasteiger partial charge in [-0.1, -0.05) is 6.08 Å². The third kappa shape index (κ3) is 5.05. The Morgan fingerprint density at radius 3 is 2.45 bits per heavy atom. The van der Waals surface area contributed by atoms with Gasteiger partial charge in [-0.25, -0.2) is 0 Å². The monoisotopic (exact) mass is 276 g/mol. The highest BCUT2D eigenvalue weighted by molar-refractivity contribution is 5.89. The summed E-state index contributed by atoms with van der Waals surface area (Å²) in [6, 6.07) is 3.57. The van der Waals surface area contributed by atoms with E-state index in [2.05, 4.69) is 38.0 Å². The molecule has 1 aromatic carbocycles. The summed E-state index contributed by atoms with van der Waals surface area (Å²) >= 11 is 0. The number of amides is 1. The van der Waals surface area contributed by atoms with Gasteiger partial charge in [-0.3, -0.25) is 4.79 Å². The molecule has 1 rings (SSSR count). The van der Waals surface area contributed by atoms with Gasteiger partial charge in [0.2, 0.25) is 5.91 Å². The Bertz CT molecular complexity index is 502. The van der Waals surface area contributed by atoms with Gasteiger partial charge >= 0.3 is 0 Å². The van der Waals surface area contributed by atoms with E-state index in [1.807, 2.05) is 0 Å². The minimum absolute atomic E-state index is 0.0466. The lowest BCUT2D eigenvalue weighted by molar-refractivity contribution is -0.114. The molecule has 3 N–H and O–H groups in total. The fourth-order valence-corrected chi connectivity index (χ4v) is 1.84. The van der Waals surface area contributed by atoms with Crippen LogP contribution in [-0.2, 0) is 17.8 Å². The number of carbonyl (C=O) groups is 1. The van der Waals surface area contributed by atoms with E-state index in [0.717, 1.165) is 11.1 Å². The van der Waals surface area contributed by atoms with Crippen molar-refractivity contribution < 1.29 is 9.90 Å². The van der Waals surface area contributed by atoms with Crippen LogP contribution < -0.4 is 10.6 Å². The highest BCUT2D eigenvalue weighted by Gasteiger charge is 2.13. The zero-order chi connectivity index (χ0) is 15.3. The van der Waals surface area contributed by atoms with Gasteiger partial charge in [0, 0.05) is 35.8 Å². The Balaban J connectivity index is 3.09. The number of hydrogen-bond acceptors (Lipinski definition) is 3. The molecule has 0 saturated heterocycles. The first-order valence-corrected chi connectivity index (χ1v) is 6.71. The molecule has 0 aliphatic heterocycles. The Labute approximate surface area is 120 Å². The summed E-state index contributed by atoms with van der Waals surface area (Å²) in [4.78, 5) is 11.2. The van der Waals surface area contributed by atoms with Crippen LogP contribution in [-0.4, -0.2) is 16.6 Å². The molecule has 0 heterocycles. The second kappa shape index (κ2) is 6.57. The van der Waals surface area contributed by atoms with Crippen LogP contribution in [0.15, 0.2) is 24.8 Å². The van der Waals surface area contributed by atoms with E-state index in [1.165, 1.54) is 6.92 Å². The summed E-state index contributed by atoms with van der Waals surface area (Å²) in [7, 11) is 0. The molecular weight excluding hydrogens is 252 g/mol. The predicted molar refractivity (Wildman–Crippen MR) is 82.9 cm³/mol. The molecule has 0 fully saturated rings. The Hall–Kier alpha value is -1.81. The molecule has 20 heavy (non-hydrogen) atoms. The minimum Gasteiger partial charge on any atom is -0.507 e. The van der Waals surface area contributed by atoms with Crippen molar-refractivity contribution in [1.29, 1.82) is 0 Å². The predicted octanol–water partition coefficient (Wildman–Crippen LogP) is 2.97. The van der Waals surface area contributed by atoms with Crippen LogP contribution >= 0.6 is 0 Å². The average Bonchev–Trinajstić information content (AvgIpc) is 2.29. The minimum atomic E-state index is -0.130. The maximum absolute atomic E-state index is 11.2. The molecule has 1 amide bonds. The summed E-state index contributed by atoms with van der Waals surface area (Å²) < 4.78 is 0. The fraction of sp³-hybridized carbons (Fsp3) is 0.438. The first-order valence-electron chi connectivity index (χ1n) is 6.71. The number of allylic oxidation sites excluding steroid dienone is 1. The summed E-state index contributed by atoms with van der Waals surface area (Å²) in [5, 5.41) is 16.4. The molecular formula is C16H24N2O2. The Morgan fingerprint density at radius 1 is 1.35 bits per heavy atom. The maximum atomic E-state index is 11.2. The van der Waals surface area contributed by atoms with E-state index in [1.54, 1.807) is 18.2 Å². The van der Waals surface area contributed by atoms with Crippen molar-refractivity contribution in [3.63, 3.8) is 0 Å². The normalized spacial score (nSPS) is 11.2. The zero-order valence-electron chi connectivity index (χ0n) is 12.7. The first-order chi connectivity index (χ1) is 9.23. The first kappa shape index (κ1) is 16.2. The second-order valence-electron chi connectivity index (χ2n) is 5.92. The van der Waals surface area contributed by atoms with E-state index in [-0.39, 0.29) is 17.2 Å². The number of rotatable bonds is 5. The van der Waals surface area contributed by atoms with Gasteiger partial charge in [-0.05, 0) is 39.3 Å². The quantitative estimate of drug-likeness (QED) is 0.572. The largest absolute Gasteiger partial charge is 0.507 e. The van der Waals surface area contributed by atoms with E-state index in [4.69, 9.17) is 0 Å². The number of anilines is 1. The molecule has 0 spiro atoms. The van der Waals surface area contributed by atoms with Gasteiger partial charge in [-0.15, -0.1) is 6.58 Å². The fourth-order valence-electron chi connectivity index (χ4n) is 1.84. The Kier molecular flexibility index (Phi) is 5.34. The summed E-state index contributed by atoms with van der Waals surface area (Å²) in [5.41, 5.74) is 2.17. The summed E-state index contributed by atoms with van der Waals surface area (Å²) in [5.74, 6) is 0.130. The van der Waals surface area contributed by atoms with Crippen LogP contribution in [0.2, 0.25) is 0 Å². The summed E-state index contributed by atoms with van der Waals surface area (Å²) in [6.07, 6.45) is 2.29. The highest BCUT2D eigenvalue weighted by atomic mass is 16.3. The number of carbonyl (C=O) groups excluding carboxylic acids is 1.